The first-order chi connectivity index (χ1) is 14.9. The molecule has 4 aromatic rings. The van der Waals surface area contributed by atoms with Crippen molar-refractivity contribution in [2.45, 2.75) is 12.6 Å². The molecule has 8 nitrogen and oxygen atoms in total. The van der Waals surface area contributed by atoms with Crippen molar-refractivity contribution in [2.75, 3.05) is 10.6 Å². The topological polar surface area (TPSA) is 104 Å². The second-order valence-corrected chi connectivity index (χ2v) is 7.70. The number of carbonyl (C=O) groups is 2. The molecule has 31 heavy (non-hydrogen) atoms. The summed E-state index contributed by atoms with van der Waals surface area (Å²) < 4.78 is 14.8. The van der Waals surface area contributed by atoms with E-state index in [2.05, 4.69) is 32.4 Å². The summed E-state index contributed by atoms with van der Waals surface area (Å²) in [5, 5.41) is 13.5. The fourth-order valence-electron chi connectivity index (χ4n) is 3.51. The predicted molar refractivity (Wildman–Crippen MR) is 116 cm³/mol. The Morgan fingerprint density at radius 3 is 2.87 bits per heavy atom. The summed E-state index contributed by atoms with van der Waals surface area (Å²) in [5.41, 5.74) is 3.24. The lowest BCUT2D eigenvalue weighted by atomic mass is 10.0. The zero-order chi connectivity index (χ0) is 21.7. The number of alkyl halides is 1. The van der Waals surface area contributed by atoms with E-state index in [9.17, 15) is 14.0 Å². The van der Waals surface area contributed by atoms with Gasteiger partial charge < -0.3 is 15.0 Å². The van der Waals surface area contributed by atoms with Crippen LogP contribution in [-0.4, -0.2) is 37.6 Å². The lowest BCUT2D eigenvalue weighted by molar-refractivity contribution is -0.117. The summed E-state index contributed by atoms with van der Waals surface area (Å²) in [6.45, 7) is 3.45. The van der Waals surface area contributed by atoms with Crippen LogP contribution in [0.5, 0.6) is 0 Å². The maximum absolute atomic E-state index is 13.1. The Labute approximate surface area is 180 Å². The molecular weight excluding hydrogens is 423 g/mol. The number of nitrogens with one attached hydrogen (secondary N) is 3. The average Bonchev–Trinajstić information content (AvgIpc) is 3.13. The van der Waals surface area contributed by atoms with Crippen LogP contribution < -0.4 is 10.6 Å². The zero-order valence-electron chi connectivity index (χ0n) is 16.0. The number of pyridine rings is 1. The van der Waals surface area contributed by atoms with Crippen LogP contribution in [0.15, 0.2) is 49.4 Å². The standard InChI is InChI=1S/C21H16ClFN6O2/c1-2-18(30)25-15-6-13(22)19(12-7-24-28-20(12)15)10-3-4-17-26-16(9-29(17)8-10)27-21(31)11-5-14(11)23/h2-4,6-9,11,14H,1,5H2,(H,24,28)(H,25,30)(H,27,31)/t11-,14+/m1/s1. The molecule has 1 aromatic carbocycles. The molecule has 3 heterocycles. The third-order valence-electron chi connectivity index (χ3n) is 5.17. The Bertz CT molecular complexity index is 1380. The van der Waals surface area contributed by atoms with Gasteiger partial charge in [0.05, 0.1) is 34.5 Å². The molecule has 2 atom stereocenters. The quantitative estimate of drug-likeness (QED) is 0.410. The third-order valence-corrected chi connectivity index (χ3v) is 5.47. The largest absolute Gasteiger partial charge is 0.321 e. The average molecular weight is 439 g/mol. The third kappa shape index (κ3) is 3.42. The molecule has 156 valence electrons. The number of H-pyrrole nitrogens is 1. The highest BCUT2D eigenvalue weighted by Crippen LogP contribution is 2.39. The summed E-state index contributed by atoms with van der Waals surface area (Å²) in [6, 6.07) is 5.28. The first-order valence-corrected chi connectivity index (χ1v) is 9.85. The van der Waals surface area contributed by atoms with Gasteiger partial charge in [0.15, 0.2) is 5.82 Å². The summed E-state index contributed by atoms with van der Waals surface area (Å²) >= 11 is 6.57. The van der Waals surface area contributed by atoms with Crippen LogP contribution in [0.3, 0.4) is 0 Å². The zero-order valence-corrected chi connectivity index (χ0v) is 16.8. The normalized spacial score (nSPS) is 17.6. The lowest BCUT2D eigenvalue weighted by Crippen LogP contribution is -2.15. The van der Waals surface area contributed by atoms with Gasteiger partial charge in [0.25, 0.3) is 0 Å². The van der Waals surface area contributed by atoms with Gasteiger partial charge in [0.1, 0.15) is 11.8 Å². The molecule has 0 radical (unpaired) electrons. The summed E-state index contributed by atoms with van der Waals surface area (Å²) in [6.07, 6.45) is 5.47. The highest BCUT2D eigenvalue weighted by atomic mass is 35.5. The maximum atomic E-state index is 13.1. The number of rotatable bonds is 5. The number of hydrogen-bond acceptors (Lipinski definition) is 4. The van der Waals surface area contributed by atoms with Gasteiger partial charge >= 0.3 is 0 Å². The molecule has 0 spiro atoms. The Balaban J connectivity index is 1.53. The number of hydrogen-bond donors (Lipinski definition) is 3. The van der Waals surface area contributed by atoms with Crippen molar-refractivity contribution in [2.24, 2.45) is 5.92 Å². The second kappa shape index (κ2) is 7.21. The summed E-state index contributed by atoms with van der Waals surface area (Å²) in [4.78, 5) is 28.1. The van der Waals surface area contributed by atoms with E-state index in [1.54, 1.807) is 28.9 Å². The van der Waals surface area contributed by atoms with Crippen molar-refractivity contribution < 1.29 is 14.0 Å². The molecule has 1 saturated carbocycles. The first kappa shape index (κ1) is 19.3. The number of amides is 2. The van der Waals surface area contributed by atoms with E-state index >= 15 is 0 Å². The van der Waals surface area contributed by atoms with Crippen molar-refractivity contribution >= 4 is 51.5 Å². The first-order valence-electron chi connectivity index (χ1n) is 9.47. The number of aromatic nitrogens is 4. The molecule has 10 heteroatoms. The smallest absolute Gasteiger partial charge is 0.247 e. The van der Waals surface area contributed by atoms with E-state index in [-0.39, 0.29) is 18.2 Å². The number of fused-ring (bicyclic) bond motifs is 2. The van der Waals surface area contributed by atoms with Crippen LogP contribution in [0.1, 0.15) is 6.42 Å². The Hall–Kier alpha value is -3.72. The number of nitrogens with zero attached hydrogens (tertiary/aromatic N) is 3. The van der Waals surface area contributed by atoms with Crippen LogP contribution in [0, 0.1) is 5.92 Å². The molecular formula is C21H16ClFN6O2. The van der Waals surface area contributed by atoms with Gasteiger partial charge in [-0.1, -0.05) is 18.2 Å². The summed E-state index contributed by atoms with van der Waals surface area (Å²) in [5.74, 6) is -0.965. The number of benzene rings is 1. The van der Waals surface area contributed by atoms with Gasteiger partial charge in [-0.3, -0.25) is 14.7 Å². The predicted octanol–water partition coefficient (Wildman–Crippen LogP) is 3.95. The highest BCUT2D eigenvalue weighted by molar-refractivity contribution is 6.36. The Morgan fingerprint density at radius 2 is 2.13 bits per heavy atom. The summed E-state index contributed by atoms with van der Waals surface area (Å²) in [7, 11) is 0. The van der Waals surface area contributed by atoms with Crippen LogP contribution >= 0.6 is 11.6 Å². The molecule has 0 saturated heterocycles. The SMILES string of the molecule is C=CC(=O)Nc1cc(Cl)c(-c2ccc3nc(NC(=O)[C@@H]4C[C@@H]4F)cn3c2)c2cn[nH]c12. The van der Waals surface area contributed by atoms with Crippen LogP contribution in [0.4, 0.5) is 15.9 Å². The molecule has 1 fully saturated rings. The minimum atomic E-state index is -1.07. The van der Waals surface area contributed by atoms with Gasteiger partial charge in [-0.2, -0.15) is 5.10 Å². The van der Waals surface area contributed by atoms with Crippen LogP contribution in [0.2, 0.25) is 5.02 Å². The molecule has 5 rings (SSSR count). The number of aromatic amines is 1. The highest BCUT2D eigenvalue weighted by Gasteiger charge is 2.43. The van der Waals surface area contributed by atoms with Gasteiger partial charge in [-0.05, 0) is 30.7 Å². The Morgan fingerprint density at radius 1 is 1.32 bits per heavy atom. The van der Waals surface area contributed by atoms with Gasteiger partial charge in [0.2, 0.25) is 11.8 Å². The molecule has 3 N–H and O–H groups in total. The van der Waals surface area contributed by atoms with E-state index in [0.29, 0.717) is 27.7 Å². The number of halogens is 2. The monoisotopic (exact) mass is 438 g/mol. The molecule has 2 amide bonds. The minimum absolute atomic E-state index is 0.256. The van der Waals surface area contributed by atoms with Crippen LogP contribution in [-0.2, 0) is 9.59 Å². The number of imidazole rings is 1. The lowest BCUT2D eigenvalue weighted by Gasteiger charge is -2.11. The van der Waals surface area contributed by atoms with Crippen molar-refractivity contribution in [3.8, 4) is 11.1 Å². The number of anilines is 2. The fraction of sp³-hybridized carbons (Fsp3) is 0.143. The maximum Gasteiger partial charge on any atom is 0.247 e. The fourth-order valence-corrected chi connectivity index (χ4v) is 3.83. The van der Waals surface area contributed by atoms with E-state index in [4.69, 9.17) is 11.6 Å². The van der Waals surface area contributed by atoms with Crippen LogP contribution in [0.25, 0.3) is 27.7 Å². The van der Waals surface area contributed by atoms with Crippen molar-refractivity contribution in [3.63, 3.8) is 0 Å². The van der Waals surface area contributed by atoms with E-state index in [0.717, 1.165) is 16.5 Å². The van der Waals surface area contributed by atoms with Gasteiger partial charge in [-0.25, -0.2) is 9.37 Å². The van der Waals surface area contributed by atoms with Gasteiger partial charge in [0, 0.05) is 22.7 Å². The molecule has 1 aliphatic carbocycles. The molecule has 0 aliphatic heterocycles. The Kier molecular flexibility index (Phi) is 4.48. The van der Waals surface area contributed by atoms with E-state index in [1.807, 2.05) is 12.3 Å². The molecule has 1 aliphatic rings. The van der Waals surface area contributed by atoms with Crippen molar-refractivity contribution in [3.05, 3.63) is 54.5 Å². The molecule has 0 bridgehead atoms. The van der Waals surface area contributed by atoms with E-state index in [1.165, 1.54) is 6.08 Å². The van der Waals surface area contributed by atoms with Gasteiger partial charge in [-0.15, -0.1) is 0 Å². The van der Waals surface area contributed by atoms with Crippen molar-refractivity contribution in [1.29, 1.82) is 0 Å². The molecule has 0 unspecified atom stereocenters. The number of carbonyl (C=O) groups excluding carboxylic acids is 2. The van der Waals surface area contributed by atoms with Crippen molar-refractivity contribution in [1.82, 2.24) is 19.6 Å². The molecule has 3 aromatic heterocycles. The second-order valence-electron chi connectivity index (χ2n) is 7.29. The minimum Gasteiger partial charge on any atom is -0.321 e. The van der Waals surface area contributed by atoms with E-state index < -0.39 is 12.1 Å².